The Morgan fingerprint density at radius 2 is 1.62 bits per heavy atom. The van der Waals surface area contributed by atoms with Gasteiger partial charge < -0.3 is 24.0 Å². The lowest BCUT2D eigenvalue weighted by atomic mass is 10.1. The zero-order valence-electron chi connectivity index (χ0n) is 34.9. The highest BCUT2D eigenvalue weighted by molar-refractivity contribution is 7.89. The maximum atomic E-state index is 14.9. The summed E-state index contributed by atoms with van der Waals surface area (Å²) in [6.45, 7) is 22.4. The van der Waals surface area contributed by atoms with Crippen molar-refractivity contribution in [3.05, 3.63) is 54.2 Å². The van der Waals surface area contributed by atoms with Crippen LogP contribution in [0, 0.1) is 0 Å². The van der Waals surface area contributed by atoms with Crippen molar-refractivity contribution in [3.63, 3.8) is 0 Å². The van der Waals surface area contributed by atoms with E-state index >= 15 is 0 Å². The fraction of sp³-hybridized carbons (Fsp3) is 0.634. The van der Waals surface area contributed by atoms with Crippen LogP contribution in [0.1, 0.15) is 79.3 Å². The average Bonchev–Trinajstić information content (AvgIpc) is 3.50. The number of hydrogen-bond donors (Lipinski definition) is 0. The molecule has 6 rings (SSSR count). The molecule has 0 bridgehead atoms. The van der Waals surface area contributed by atoms with Crippen molar-refractivity contribution in [2.75, 3.05) is 37.9 Å². The van der Waals surface area contributed by atoms with Gasteiger partial charge in [0.15, 0.2) is 0 Å². The lowest BCUT2D eigenvalue weighted by Gasteiger charge is -2.45. The van der Waals surface area contributed by atoms with Gasteiger partial charge in [-0.15, -0.1) is 0 Å². The van der Waals surface area contributed by atoms with Gasteiger partial charge in [0.2, 0.25) is 10.0 Å². The maximum Gasteiger partial charge on any atom is 0.410 e. The molecule has 1 saturated carbocycles. The number of carbonyl (C=O) groups excluding carboxylic acids is 2. The Morgan fingerprint density at radius 1 is 0.964 bits per heavy atom. The first-order valence-electron chi connectivity index (χ1n) is 20.0. The quantitative estimate of drug-likeness (QED) is 0.103. The summed E-state index contributed by atoms with van der Waals surface area (Å²) >= 11 is 0. The van der Waals surface area contributed by atoms with Crippen LogP contribution in [0.4, 0.5) is 15.3 Å². The summed E-state index contributed by atoms with van der Waals surface area (Å²) < 4.78 is 50.8. The van der Waals surface area contributed by atoms with Gasteiger partial charge in [-0.05, 0) is 91.5 Å². The van der Waals surface area contributed by atoms with Crippen molar-refractivity contribution in [3.8, 4) is 0 Å². The number of aromatic nitrogens is 2. The molecule has 15 heteroatoms. The Bertz CT molecular complexity index is 1980. The van der Waals surface area contributed by atoms with Crippen molar-refractivity contribution in [2.24, 2.45) is 0 Å². The summed E-state index contributed by atoms with van der Waals surface area (Å²) in [5.74, 6) is 0. The van der Waals surface area contributed by atoms with E-state index in [1.54, 1.807) is 32.4 Å². The normalized spacial score (nSPS) is 22.9. The molecule has 56 heavy (non-hydrogen) atoms. The third kappa shape index (κ3) is 9.37. The summed E-state index contributed by atoms with van der Waals surface area (Å²) in [6, 6.07) is 13.3. The van der Waals surface area contributed by atoms with Crippen LogP contribution in [0.2, 0.25) is 25.7 Å². The van der Waals surface area contributed by atoms with Gasteiger partial charge in [-0.25, -0.2) is 18.0 Å². The topological polar surface area (TPSA) is 127 Å². The zero-order chi connectivity index (χ0) is 40.8. The molecule has 2 aromatic carbocycles. The Labute approximate surface area is 334 Å². The molecule has 308 valence electrons. The highest BCUT2D eigenvalue weighted by Gasteiger charge is 2.50. The van der Waals surface area contributed by atoms with E-state index in [4.69, 9.17) is 19.3 Å². The number of nitrogens with zero attached hydrogens (tertiary/aromatic N) is 6. The largest absolute Gasteiger partial charge is 0.445 e. The summed E-state index contributed by atoms with van der Waals surface area (Å²) in [7, 11) is -5.42. The molecular formula is C41H62N6O7SSi. The first-order valence-corrected chi connectivity index (χ1v) is 25.2. The van der Waals surface area contributed by atoms with Crippen LogP contribution >= 0.6 is 0 Å². The Hall–Kier alpha value is -3.66. The van der Waals surface area contributed by atoms with E-state index in [-0.39, 0.29) is 48.5 Å². The second-order valence-corrected chi connectivity index (χ2v) is 26.1. The van der Waals surface area contributed by atoms with Crippen LogP contribution in [0.5, 0.6) is 0 Å². The number of carbonyl (C=O) groups is 2. The van der Waals surface area contributed by atoms with Crippen molar-refractivity contribution >= 4 is 46.9 Å². The SMILES string of the molecule is C[C@@H]1C[C@@H](n2ncc3c(N4C[C@H](C)N(C(=O)OC(C)(C)C)[C@@H](C)C4)cc(S(=O)(=O)N(COCC[Si](C)(C)C)C4(C)CC4)cc32)CN1C(=O)OCc1ccccc1. The number of ether oxygens (including phenoxy) is 3. The van der Waals surface area contributed by atoms with E-state index < -0.39 is 35.3 Å². The average molecular weight is 811 g/mol. The standard InChI is InChI=1S/C41H62N6O7SSi/c1-29-20-33(26-44(29)38(48)53-27-32-14-12-11-13-15-32)47-37-22-34(55(50,51)45(41(7)16-17-41)28-52-18-19-56(8,9)10)21-36(35(37)23-42-47)43-24-30(2)46(31(3)25-43)39(49)54-40(4,5)6/h11-15,21-23,29-31,33H,16-20,24-28H2,1-10H3/t29-,30+,31+,33-/m1/s1. The summed E-state index contributed by atoms with van der Waals surface area (Å²) in [5, 5.41) is 5.69. The van der Waals surface area contributed by atoms with Crippen molar-refractivity contribution in [2.45, 2.75) is 140 Å². The number of sulfonamides is 1. The molecule has 2 amide bonds. The van der Waals surface area contributed by atoms with E-state index in [1.165, 1.54) is 0 Å². The maximum absolute atomic E-state index is 14.9. The van der Waals surface area contributed by atoms with E-state index in [9.17, 15) is 18.0 Å². The van der Waals surface area contributed by atoms with E-state index in [0.29, 0.717) is 38.2 Å². The van der Waals surface area contributed by atoms with Crippen molar-refractivity contribution < 1.29 is 32.2 Å². The third-order valence-corrected chi connectivity index (χ3v) is 14.9. The van der Waals surface area contributed by atoms with Gasteiger partial charge in [0.1, 0.15) is 18.9 Å². The fourth-order valence-electron chi connectivity index (χ4n) is 7.83. The first-order chi connectivity index (χ1) is 26.2. The van der Waals surface area contributed by atoms with Crippen molar-refractivity contribution in [1.82, 2.24) is 23.9 Å². The third-order valence-electron chi connectivity index (χ3n) is 11.2. The highest BCUT2D eigenvalue weighted by Crippen LogP contribution is 2.45. The van der Waals surface area contributed by atoms with E-state index in [2.05, 4.69) is 24.5 Å². The molecule has 0 N–H and O–H groups in total. The lowest BCUT2D eigenvalue weighted by Crippen LogP contribution is -2.59. The van der Waals surface area contributed by atoms with Crippen LogP contribution in [0.25, 0.3) is 10.9 Å². The number of rotatable bonds is 12. The predicted molar refractivity (Wildman–Crippen MR) is 221 cm³/mol. The molecule has 1 aliphatic carbocycles. The predicted octanol–water partition coefficient (Wildman–Crippen LogP) is 7.70. The van der Waals surface area contributed by atoms with Crippen LogP contribution in [0.15, 0.2) is 53.6 Å². The molecule has 3 heterocycles. The van der Waals surface area contributed by atoms with E-state index in [1.807, 2.05) is 83.5 Å². The number of benzene rings is 2. The van der Waals surface area contributed by atoms with Crippen LogP contribution < -0.4 is 4.90 Å². The van der Waals surface area contributed by atoms with E-state index in [0.717, 1.165) is 35.5 Å². The second-order valence-electron chi connectivity index (χ2n) is 18.6. The van der Waals surface area contributed by atoms with Crippen LogP contribution in [0.3, 0.4) is 0 Å². The molecule has 4 atom stereocenters. The molecule has 3 fully saturated rings. The van der Waals surface area contributed by atoms with Gasteiger partial charge in [0, 0.05) is 57.0 Å². The molecule has 2 aliphatic heterocycles. The minimum Gasteiger partial charge on any atom is -0.445 e. The van der Waals surface area contributed by atoms with Crippen molar-refractivity contribution in [1.29, 1.82) is 0 Å². The van der Waals surface area contributed by atoms with Gasteiger partial charge in [0.25, 0.3) is 0 Å². The molecule has 3 aromatic rings. The number of piperazine rings is 1. The molecule has 13 nitrogen and oxygen atoms in total. The Morgan fingerprint density at radius 3 is 2.23 bits per heavy atom. The van der Waals surface area contributed by atoms with Gasteiger partial charge in [-0.1, -0.05) is 50.0 Å². The lowest BCUT2D eigenvalue weighted by molar-refractivity contribution is 0.00566. The minimum atomic E-state index is -4.04. The summed E-state index contributed by atoms with van der Waals surface area (Å²) in [4.78, 5) is 32.5. The number of hydrogen-bond acceptors (Lipinski definition) is 9. The molecule has 2 saturated heterocycles. The van der Waals surface area contributed by atoms with Crippen LogP contribution in [-0.2, 0) is 30.8 Å². The molecular weight excluding hydrogens is 749 g/mol. The Balaban J connectivity index is 1.34. The minimum absolute atomic E-state index is 0.0151. The number of fused-ring (bicyclic) bond motifs is 1. The monoisotopic (exact) mass is 810 g/mol. The van der Waals surface area contributed by atoms with Crippen LogP contribution in [-0.4, -0.2) is 115 Å². The fourth-order valence-corrected chi connectivity index (χ4v) is 10.3. The number of anilines is 1. The molecule has 3 aliphatic rings. The van der Waals surface area contributed by atoms with Gasteiger partial charge in [-0.2, -0.15) is 9.40 Å². The van der Waals surface area contributed by atoms with Gasteiger partial charge in [-0.3, -0.25) is 9.58 Å². The number of likely N-dealkylation sites (tertiary alicyclic amines) is 1. The summed E-state index contributed by atoms with van der Waals surface area (Å²) in [5.41, 5.74) is 1.16. The second kappa shape index (κ2) is 15.9. The Kier molecular flexibility index (Phi) is 11.9. The van der Waals surface area contributed by atoms with Gasteiger partial charge in [0.05, 0.1) is 34.7 Å². The molecule has 0 radical (unpaired) electrons. The molecule has 0 spiro atoms. The summed E-state index contributed by atoms with van der Waals surface area (Å²) in [6.07, 6.45) is 3.19. The smallest absolute Gasteiger partial charge is 0.410 e. The molecule has 0 unspecified atom stereocenters. The zero-order valence-corrected chi connectivity index (χ0v) is 36.8. The number of amides is 2. The first kappa shape index (κ1) is 42.0. The highest BCUT2D eigenvalue weighted by atomic mass is 32.2. The van der Waals surface area contributed by atoms with Gasteiger partial charge >= 0.3 is 12.2 Å². The molecule has 1 aromatic heterocycles.